The summed E-state index contributed by atoms with van der Waals surface area (Å²) in [6.45, 7) is 1.14. The van der Waals surface area contributed by atoms with Crippen LogP contribution in [0.2, 0.25) is 0 Å². The number of imide groups is 1. The van der Waals surface area contributed by atoms with Gasteiger partial charge in [0.05, 0.1) is 0 Å². The normalized spacial score (nSPS) is 22.5. The number of hydrogen-bond donors (Lipinski definition) is 2. The van der Waals surface area contributed by atoms with Crippen LogP contribution in [0.25, 0.3) is 0 Å². The van der Waals surface area contributed by atoms with Crippen LogP contribution in [0, 0.1) is 0 Å². The molecule has 0 bridgehead atoms. The van der Waals surface area contributed by atoms with E-state index in [0.717, 1.165) is 6.92 Å². The van der Waals surface area contributed by atoms with Gasteiger partial charge in [0.25, 0.3) is 5.91 Å². The molecule has 0 saturated carbocycles. The monoisotopic (exact) mass is 188 g/mol. The number of carbonyl (C=O) groups is 3. The maximum Gasteiger partial charge on any atom is 0.251 e. The van der Waals surface area contributed by atoms with E-state index in [1.807, 2.05) is 5.32 Å². The topological polar surface area (TPSA) is 86.7 Å². The molecule has 1 saturated heterocycles. The molecule has 3 amide bonds. The van der Waals surface area contributed by atoms with Gasteiger partial charge in [-0.3, -0.25) is 24.9 Å². The quantitative estimate of drug-likeness (QED) is 0.323. The fraction of sp³-hybridized carbons (Fsp3) is 0.571. The first-order valence-electron chi connectivity index (χ1n) is 3.84. The third-order valence-electron chi connectivity index (χ3n) is 1.83. The Morgan fingerprint density at radius 1 is 1.69 bits per heavy atom. The molecule has 2 N–H and O–H groups in total. The fourth-order valence-corrected chi connectivity index (χ4v) is 1.13. The molecular formula is C7H12N2O4. The summed E-state index contributed by atoms with van der Waals surface area (Å²) in [5.74, 6) is -1.62. The van der Waals surface area contributed by atoms with E-state index < -0.39 is 17.9 Å². The molecule has 1 fully saturated rings. The average Bonchev–Trinajstić information content (AvgIpc) is 2.03. The number of piperidine rings is 1. The van der Waals surface area contributed by atoms with Crippen molar-refractivity contribution in [1.82, 2.24) is 10.4 Å². The van der Waals surface area contributed by atoms with Crippen LogP contribution in [0.5, 0.6) is 0 Å². The highest BCUT2D eigenvalue weighted by atomic mass is 16.5. The molecule has 0 spiro atoms. The van der Waals surface area contributed by atoms with Gasteiger partial charge in [0.2, 0.25) is 11.8 Å². The van der Waals surface area contributed by atoms with Gasteiger partial charge in [0.15, 0.2) is 0 Å². The average molecular weight is 188 g/mol. The summed E-state index contributed by atoms with van der Waals surface area (Å²) < 4.78 is 0. The maximum absolute atomic E-state index is 11.1. The summed E-state index contributed by atoms with van der Waals surface area (Å²) in [7, 11) is 0. The molecule has 1 aliphatic rings. The van der Waals surface area contributed by atoms with E-state index in [4.69, 9.17) is 5.21 Å². The molecule has 0 aliphatic carbocycles. The minimum absolute atomic E-state index is 0. The smallest absolute Gasteiger partial charge is 0.251 e. The number of nitrogens with zero attached hydrogens (tertiary/aromatic N) is 1. The molecule has 0 aromatic rings. The lowest BCUT2D eigenvalue weighted by Crippen LogP contribution is -2.52. The van der Waals surface area contributed by atoms with Crippen molar-refractivity contribution in [3.05, 3.63) is 0 Å². The second kappa shape index (κ2) is 3.53. The highest BCUT2D eigenvalue weighted by molar-refractivity contribution is 6.01. The van der Waals surface area contributed by atoms with Crippen LogP contribution in [0.3, 0.4) is 0 Å². The zero-order valence-corrected chi connectivity index (χ0v) is 7.11. The molecule has 1 rings (SSSR count). The van der Waals surface area contributed by atoms with Crippen LogP contribution in [-0.2, 0) is 14.4 Å². The van der Waals surface area contributed by atoms with Gasteiger partial charge in [0.1, 0.15) is 6.04 Å². The Labute approximate surface area is 76.0 Å². The molecule has 0 aromatic heterocycles. The second-order valence-corrected chi connectivity index (χ2v) is 2.83. The van der Waals surface area contributed by atoms with E-state index in [1.165, 1.54) is 0 Å². The van der Waals surface area contributed by atoms with Gasteiger partial charge in [-0.2, -0.15) is 0 Å². The summed E-state index contributed by atoms with van der Waals surface area (Å²) >= 11 is 0. The van der Waals surface area contributed by atoms with Crippen LogP contribution in [0.1, 0.15) is 21.2 Å². The minimum atomic E-state index is -0.935. The Kier molecular flexibility index (Phi) is 2.62. The van der Waals surface area contributed by atoms with Crippen molar-refractivity contribution >= 4 is 17.7 Å². The van der Waals surface area contributed by atoms with Crippen molar-refractivity contribution in [3.8, 4) is 0 Å². The summed E-state index contributed by atoms with van der Waals surface area (Å²) in [5.41, 5.74) is 0. The molecule has 1 unspecified atom stereocenters. The molecule has 74 valence electrons. The number of amides is 3. The molecule has 1 aliphatic heterocycles. The summed E-state index contributed by atoms with van der Waals surface area (Å²) in [6.07, 6.45) is 0.307. The van der Waals surface area contributed by atoms with E-state index in [1.54, 1.807) is 0 Å². The standard InChI is InChI=1S/C7H10N2O4.H2/c1-4(10)9(13)5-2-3-6(11)8-7(5)12;/h5,13H,2-3H2,1H3,(H,8,11,12);1H. The predicted octanol–water partition coefficient (Wildman–Crippen LogP) is -0.725. The number of carbonyl (C=O) groups excluding carboxylic acids is 3. The Bertz CT molecular complexity index is 268. The van der Waals surface area contributed by atoms with Crippen LogP contribution in [-0.4, -0.2) is 34.0 Å². The Morgan fingerprint density at radius 3 is 2.77 bits per heavy atom. The third kappa shape index (κ3) is 2.03. The van der Waals surface area contributed by atoms with Crippen molar-refractivity contribution in [2.75, 3.05) is 0 Å². The third-order valence-corrected chi connectivity index (χ3v) is 1.83. The maximum atomic E-state index is 11.1. The highest BCUT2D eigenvalue weighted by Crippen LogP contribution is 2.10. The first kappa shape index (κ1) is 9.66. The summed E-state index contributed by atoms with van der Waals surface area (Å²) in [5, 5.41) is 11.5. The molecule has 0 radical (unpaired) electrons. The molecule has 0 aromatic carbocycles. The van der Waals surface area contributed by atoms with Gasteiger partial charge in [-0.1, -0.05) is 0 Å². The van der Waals surface area contributed by atoms with Gasteiger partial charge in [0, 0.05) is 14.8 Å². The van der Waals surface area contributed by atoms with Crippen molar-refractivity contribution < 1.29 is 21.0 Å². The van der Waals surface area contributed by atoms with Crippen molar-refractivity contribution in [3.63, 3.8) is 0 Å². The molecular weight excluding hydrogens is 176 g/mol. The van der Waals surface area contributed by atoms with Crippen LogP contribution >= 0.6 is 0 Å². The van der Waals surface area contributed by atoms with E-state index in [0.29, 0.717) is 5.06 Å². The fourth-order valence-electron chi connectivity index (χ4n) is 1.13. The summed E-state index contributed by atoms with van der Waals surface area (Å²) in [6, 6.07) is -0.935. The molecule has 6 heteroatoms. The van der Waals surface area contributed by atoms with Crippen molar-refractivity contribution in [2.24, 2.45) is 0 Å². The van der Waals surface area contributed by atoms with Gasteiger partial charge in [-0.25, -0.2) is 5.06 Å². The summed E-state index contributed by atoms with van der Waals surface area (Å²) in [4.78, 5) is 32.4. The lowest BCUT2D eigenvalue weighted by molar-refractivity contribution is -0.180. The number of rotatable bonds is 1. The molecule has 1 atom stereocenters. The van der Waals surface area contributed by atoms with Crippen molar-refractivity contribution in [2.45, 2.75) is 25.8 Å². The van der Waals surface area contributed by atoms with E-state index in [2.05, 4.69) is 0 Å². The van der Waals surface area contributed by atoms with Gasteiger partial charge in [-0.05, 0) is 6.42 Å². The van der Waals surface area contributed by atoms with Crippen LogP contribution in [0.15, 0.2) is 0 Å². The van der Waals surface area contributed by atoms with Crippen LogP contribution < -0.4 is 5.32 Å². The Morgan fingerprint density at radius 2 is 2.31 bits per heavy atom. The van der Waals surface area contributed by atoms with Crippen molar-refractivity contribution in [1.29, 1.82) is 0 Å². The SMILES string of the molecule is CC(=O)N(O)C1CCC(=O)NC1=O.[HH]. The zero-order chi connectivity index (χ0) is 10.0. The lowest BCUT2D eigenvalue weighted by Gasteiger charge is -2.26. The van der Waals surface area contributed by atoms with Gasteiger partial charge in [-0.15, -0.1) is 0 Å². The minimum Gasteiger partial charge on any atom is -0.295 e. The molecule has 13 heavy (non-hydrogen) atoms. The second-order valence-electron chi connectivity index (χ2n) is 2.83. The first-order chi connectivity index (χ1) is 6.02. The largest absolute Gasteiger partial charge is 0.295 e. The van der Waals surface area contributed by atoms with Gasteiger partial charge >= 0.3 is 0 Å². The predicted molar refractivity (Wildman–Crippen MR) is 42.6 cm³/mol. The van der Waals surface area contributed by atoms with E-state index >= 15 is 0 Å². The first-order valence-corrected chi connectivity index (χ1v) is 3.84. The highest BCUT2D eigenvalue weighted by Gasteiger charge is 2.32. The number of hydroxylamine groups is 2. The lowest BCUT2D eigenvalue weighted by atomic mass is 10.1. The zero-order valence-electron chi connectivity index (χ0n) is 7.11. The number of nitrogens with one attached hydrogen (secondary N) is 1. The van der Waals surface area contributed by atoms with E-state index in [9.17, 15) is 14.4 Å². The molecule has 6 nitrogen and oxygen atoms in total. The Balaban J connectivity index is 0.00000169. The van der Waals surface area contributed by atoms with E-state index in [-0.39, 0.29) is 20.2 Å². The van der Waals surface area contributed by atoms with Gasteiger partial charge < -0.3 is 0 Å². The molecule has 1 heterocycles. The number of hydrogen-bond acceptors (Lipinski definition) is 4. The Hall–Kier alpha value is -1.43. The van der Waals surface area contributed by atoms with Crippen LogP contribution in [0.4, 0.5) is 0 Å².